The van der Waals surface area contributed by atoms with Crippen LogP contribution < -0.4 is 5.32 Å². The summed E-state index contributed by atoms with van der Waals surface area (Å²) in [5.41, 5.74) is 3.71. The Kier molecular flexibility index (Phi) is 5.35. The van der Waals surface area contributed by atoms with Crippen LogP contribution in [0.2, 0.25) is 0 Å². The summed E-state index contributed by atoms with van der Waals surface area (Å²) in [7, 11) is 0. The van der Waals surface area contributed by atoms with E-state index in [1.165, 1.54) is 0 Å². The molecule has 2 amide bonds. The number of nitrogens with zero attached hydrogens (tertiary/aromatic N) is 1. The number of carbonyl (C=O) groups excluding carboxylic acids is 2. The molecule has 2 aromatic carbocycles. The number of benzene rings is 2. The summed E-state index contributed by atoms with van der Waals surface area (Å²) in [6.45, 7) is 2.43. The highest BCUT2D eigenvalue weighted by molar-refractivity contribution is 5.87. The topological polar surface area (TPSA) is 95.9 Å². The first-order valence-corrected chi connectivity index (χ1v) is 11.5. The second-order valence-corrected chi connectivity index (χ2v) is 9.46. The van der Waals surface area contributed by atoms with E-state index in [1.54, 1.807) is 11.8 Å². The molecule has 0 radical (unpaired) electrons. The van der Waals surface area contributed by atoms with Gasteiger partial charge in [-0.15, -0.1) is 0 Å². The molecule has 2 aromatic rings. The Balaban J connectivity index is 1.20. The molecule has 3 atom stereocenters. The van der Waals surface area contributed by atoms with Gasteiger partial charge in [0.15, 0.2) is 0 Å². The molecule has 1 saturated carbocycles. The molecule has 0 bridgehead atoms. The average Bonchev–Trinajstić information content (AvgIpc) is 3.47. The molecule has 2 N–H and O–H groups in total. The number of carbonyl (C=O) groups is 3. The van der Waals surface area contributed by atoms with Gasteiger partial charge in [0, 0.05) is 19.0 Å². The Hall–Kier alpha value is -3.35. The van der Waals surface area contributed by atoms with Gasteiger partial charge in [-0.2, -0.15) is 0 Å². The van der Waals surface area contributed by atoms with Gasteiger partial charge >= 0.3 is 12.1 Å². The maximum absolute atomic E-state index is 12.9. The molecule has 7 heteroatoms. The predicted molar refractivity (Wildman–Crippen MR) is 122 cm³/mol. The van der Waals surface area contributed by atoms with Gasteiger partial charge in [-0.05, 0) is 47.9 Å². The third kappa shape index (κ3) is 3.56. The summed E-state index contributed by atoms with van der Waals surface area (Å²) in [5.74, 6) is -1.15. The van der Waals surface area contributed by atoms with Crippen molar-refractivity contribution >= 4 is 18.0 Å². The normalized spacial score (nSPS) is 24.0. The monoisotopic (exact) mass is 448 g/mol. The molecule has 1 aliphatic heterocycles. The number of hydrogen-bond donors (Lipinski definition) is 2. The standard InChI is InChI=1S/C26H28N2O5/c1-16(23(29)28-13-17-7-6-12-26(17,15-28)24(30)31)27-25(32)33-14-22-20-10-4-2-8-18(20)19-9-3-5-11-21(19)22/h2-5,8-11,16-17,22H,6-7,12-15H2,1H3,(H,27,32)(H,30,31)/t16-,17?,26?/m0/s1. The van der Waals surface area contributed by atoms with Crippen LogP contribution in [0.25, 0.3) is 11.1 Å². The Morgan fingerprint density at radius 3 is 2.36 bits per heavy atom. The van der Waals surface area contributed by atoms with Gasteiger partial charge in [0.25, 0.3) is 0 Å². The maximum Gasteiger partial charge on any atom is 0.407 e. The van der Waals surface area contributed by atoms with Gasteiger partial charge in [0.2, 0.25) is 5.91 Å². The number of nitrogens with one attached hydrogen (secondary N) is 1. The van der Waals surface area contributed by atoms with Crippen LogP contribution in [0.5, 0.6) is 0 Å². The fraction of sp³-hybridized carbons (Fsp3) is 0.423. The fourth-order valence-corrected chi connectivity index (χ4v) is 5.96. The van der Waals surface area contributed by atoms with E-state index in [-0.39, 0.29) is 30.9 Å². The molecule has 2 unspecified atom stereocenters. The Morgan fingerprint density at radius 2 is 1.76 bits per heavy atom. The summed E-state index contributed by atoms with van der Waals surface area (Å²) >= 11 is 0. The molecule has 7 nitrogen and oxygen atoms in total. The van der Waals surface area contributed by atoms with E-state index in [9.17, 15) is 19.5 Å². The number of fused-ring (bicyclic) bond motifs is 4. The third-order valence-corrected chi connectivity index (χ3v) is 7.66. The van der Waals surface area contributed by atoms with Crippen molar-refractivity contribution in [3.05, 3.63) is 59.7 Å². The number of carboxylic acids is 1. The van der Waals surface area contributed by atoms with Crippen LogP contribution in [0, 0.1) is 11.3 Å². The lowest BCUT2D eigenvalue weighted by atomic mass is 9.81. The second-order valence-electron chi connectivity index (χ2n) is 9.46. The van der Waals surface area contributed by atoms with Crippen molar-refractivity contribution in [3.8, 4) is 11.1 Å². The number of carboxylic acid groups (broad SMARTS) is 1. The van der Waals surface area contributed by atoms with Crippen LogP contribution >= 0.6 is 0 Å². The summed E-state index contributed by atoms with van der Waals surface area (Å²) in [4.78, 5) is 38.9. The Morgan fingerprint density at radius 1 is 1.12 bits per heavy atom. The molecule has 1 heterocycles. The second kappa shape index (κ2) is 8.21. The first-order valence-electron chi connectivity index (χ1n) is 11.5. The average molecular weight is 449 g/mol. The van der Waals surface area contributed by atoms with E-state index in [1.807, 2.05) is 24.3 Å². The van der Waals surface area contributed by atoms with E-state index in [0.717, 1.165) is 35.1 Å². The lowest BCUT2D eigenvalue weighted by molar-refractivity contribution is -0.149. The molecular formula is C26H28N2O5. The van der Waals surface area contributed by atoms with E-state index in [2.05, 4.69) is 29.6 Å². The minimum Gasteiger partial charge on any atom is -0.481 e. The predicted octanol–water partition coefficient (Wildman–Crippen LogP) is 3.63. The minimum atomic E-state index is -0.834. The van der Waals surface area contributed by atoms with E-state index >= 15 is 0 Å². The highest BCUT2D eigenvalue weighted by Gasteiger charge is 2.56. The van der Waals surface area contributed by atoms with Crippen LogP contribution in [0.1, 0.15) is 43.2 Å². The molecule has 1 saturated heterocycles. The largest absolute Gasteiger partial charge is 0.481 e. The number of hydrogen-bond acceptors (Lipinski definition) is 4. The molecule has 2 aliphatic carbocycles. The van der Waals surface area contributed by atoms with Crippen molar-refractivity contribution in [3.63, 3.8) is 0 Å². The van der Waals surface area contributed by atoms with Gasteiger partial charge < -0.3 is 20.1 Å². The van der Waals surface area contributed by atoms with Crippen molar-refractivity contribution in [2.75, 3.05) is 19.7 Å². The van der Waals surface area contributed by atoms with Gasteiger partial charge in [-0.25, -0.2) is 4.79 Å². The van der Waals surface area contributed by atoms with Gasteiger partial charge in [0.05, 0.1) is 5.41 Å². The SMILES string of the molecule is C[C@H](NC(=O)OCC1c2ccccc2-c2ccccc21)C(=O)N1CC2CCCC2(C(=O)O)C1. The zero-order valence-electron chi connectivity index (χ0n) is 18.6. The zero-order valence-corrected chi connectivity index (χ0v) is 18.6. The summed E-state index contributed by atoms with van der Waals surface area (Å²) in [6.07, 6.45) is 1.66. The molecule has 5 rings (SSSR count). The first kappa shape index (κ1) is 21.5. The molecular weight excluding hydrogens is 420 g/mol. The number of likely N-dealkylation sites (tertiary alicyclic amines) is 1. The van der Waals surface area contributed by atoms with E-state index in [0.29, 0.717) is 13.0 Å². The number of rotatable bonds is 5. The van der Waals surface area contributed by atoms with Crippen LogP contribution in [0.4, 0.5) is 4.79 Å². The lowest BCUT2D eigenvalue weighted by Gasteiger charge is -2.25. The molecule has 2 fully saturated rings. The van der Waals surface area contributed by atoms with Crippen molar-refractivity contribution < 1.29 is 24.2 Å². The summed E-state index contributed by atoms with van der Waals surface area (Å²) < 4.78 is 5.54. The van der Waals surface area contributed by atoms with Gasteiger partial charge in [-0.1, -0.05) is 55.0 Å². The molecule has 33 heavy (non-hydrogen) atoms. The highest BCUT2D eigenvalue weighted by Crippen LogP contribution is 2.49. The van der Waals surface area contributed by atoms with Gasteiger partial charge in [0.1, 0.15) is 12.6 Å². The van der Waals surface area contributed by atoms with Crippen molar-refractivity contribution in [2.24, 2.45) is 11.3 Å². The molecule has 172 valence electrons. The Labute approximate surface area is 192 Å². The number of aliphatic carboxylic acids is 1. The molecule has 0 aromatic heterocycles. The van der Waals surface area contributed by atoms with Crippen molar-refractivity contribution in [1.29, 1.82) is 0 Å². The van der Waals surface area contributed by atoms with Crippen LogP contribution in [-0.2, 0) is 14.3 Å². The number of alkyl carbamates (subject to hydrolysis) is 1. The first-order chi connectivity index (χ1) is 15.9. The van der Waals surface area contributed by atoms with E-state index in [4.69, 9.17) is 4.74 Å². The Bertz CT molecular complexity index is 1070. The fourth-order valence-electron chi connectivity index (χ4n) is 5.96. The number of ether oxygens (including phenoxy) is 1. The van der Waals surface area contributed by atoms with E-state index < -0.39 is 23.5 Å². The highest BCUT2D eigenvalue weighted by atomic mass is 16.5. The van der Waals surface area contributed by atoms with Crippen molar-refractivity contribution in [1.82, 2.24) is 10.2 Å². The smallest absolute Gasteiger partial charge is 0.407 e. The number of amides is 2. The quantitative estimate of drug-likeness (QED) is 0.728. The van der Waals surface area contributed by atoms with Crippen molar-refractivity contribution in [2.45, 2.75) is 38.1 Å². The summed E-state index contributed by atoms with van der Waals surface area (Å²) in [5, 5.41) is 12.4. The maximum atomic E-state index is 12.9. The summed E-state index contributed by atoms with van der Waals surface area (Å²) in [6, 6.07) is 15.4. The molecule has 0 spiro atoms. The minimum absolute atomic E-state index is 0.0133. The van der Waals surface area contributed by atoms with Crippen LogP contribution in [0.3, 0.4) is 0 Å². The van der Waals surface area contributed by atoms with Gasteiger partial charge in [-0.3, -0.25) is 9.59 Å². The lowest BCUT2D eigenvalue weighted by Crippen LogP contribution is -2.47. The van der Waals surface area contributed by atoms with Crippen LogP contribution in [0.15, 0.2) is 48.5 Å². The van der Waals surface area contributed by atoms with Crippen LogP contribution in [-0.4, -0.2) is 53.7 Å². The molecule has 3 aliphatic rings. The zero-order chi connectivity index (χ0) is 23.2. The third-order valence-electron chi connectivity index (χ3n) is 7.66.